The highest BCUT2D eigenvalue weighted by molar-refractivity contribution is 7.99. The number of nitrogens with one attached hydrogen (secondary N) is 1. The molecule has 96 valence electrons. The van der Waals surface area contributed by atoms with Gasteiger partial charge in [0.2, 0.25) is 0 Å². The topological polar surface area (TPSA) is 69.6 Å². The van der Waals surface area contributed by atoms with Gasteiger partial charge < -0.3 is 15.5 Å². The number of carboxylic acids is 1. The van der Waals surface area contributed by atoms with Gasteiger partial charge in [0.25, 0.3) is 0 Å². The molecule has 0 amide bonds. The number of hydrogen-bond donors (Lipinski definition) is 3. The van der Waals surface area contributed by atoms with Crippen LogP contribution in [0.5, 0.6) is 0 Å². The van der Waals surface area contributed by atoms with E-state index in [0.29, 0.717) is 6.42 Å². The third-order valence-corrected chi connectivity index (χ3v) is 3.53. The van der Waals surface area contributed by atoms with Gasteiger partial charge in [-0.2, -0.15) is 11.8 Å². The van der Waals surface area contributed by atoms with Crippen molar-refractivity contribution in [2.45, 2.75) is 32.7 Å². The van der Waals surface area contributed by atoms with Crippen LogP contribution in [0.2, 0.25) is 0 Å². The quantitative estimate of drug-likeness (QED) is 0.507. The van der Waals surface area contributed by atoms with Crippen molar-refractivity contribution < 1.29 is 15.0 Å². The van der Waals surface area contributed by atoms with E-state index >= 15 is 0 Å². The van der Waals surface area contributed by atoms with E-state index in [2.05, 4.69) is 5.32 Å². The van der Waals surface area contributed by atoms with Crippen LogP contribution in [0.4, 0.5) is 0 Å². The van der Waals surface area contributed by atoms with Crippen molar-refractivity contribution in [3.63, 3.8) is 0 Å². The summed E-state index contributed by atoms with van der Waals surface area (Å²) in [4.78, 5) is 10.9. The average Bonchev–Trinajstić information content (AvgIpc) is 2.27. The molecule has 4 nitrogen and oxygen atoms in total. The van der Waals surface area contributed by atoms with E-state index in [0.717, 1.165) is 24.5 Å². The number of carbonyl (C=O) groups is 1. The highest BCUT2D eigenvalue weighted by atomic mass is 32.2. The van der Waals surface area contributed by atoms with Crippen LogP contribution >= 0.6 is 11.8 Å². The second-order valence-corrected chi connectivity index (χ2v) is 5.15. The number of aliphatic hydroxyl groups is 1. The van der Waals surface area contributed by atoms with Crippen LogP contribution in [-0.2, 0) is 4.79 Å². The molecule has 0 aliphatic carbocycles. The Labute approximate surface area is 102 Å². The van der Waals surface area contributed by atoms with Crippen LogP contribution in [0.25, 0.3) is 0 Å². The summed E-state index contributed by atoms with van der Waals surface area (Å²) in [7, 11) is 0. The highest BCUT2D eigenvalue weighted by Gasteiger charge is 2.15. The fourth-order valence-corrected chi connectivity index (χ4v) is 2.25. The van der Waals surface area contributed by atoms with Crippen molar-refractivity contribution in [2.75, 3.05) is 24.7 Å². The molecule has 2 unspecified atom stereocenters. The molecule has 0 aromatic rings. The minimum absolute atomic E-state index is 0.198. The molecular formula is C11H23NO3S. The smallest absolute Gasteiger partial charge is 0.320 e. The molecule has 2 atom stereocenters. The first-order chi connectivity index (χ1) is 7.61. The zero-order valence-electron chi connectivity index (χ0n) is 10.1. The van der Waals surface area contributed by atoms with Crippen molar-refractivity contribution in [2.24, 2.45) is 5.92 Å². The first kappa shape index (κ1) is 15.7. The van der Waals surface area contributed by atoms with Gasteiger partial charge in [0.05, 0.1) is 0 Å². The van der Waals surface area contributed by atoms with E-state index in [9.17, 15) is 4.79 Å². The lowest BCUT2D eigenvalue weighted by Crippen LogP contribution is -2.37. The summed E-state index contributed by atoms with van der Waals surface area (Å²) in [6, 6.07) is -0.433. The lowest BCUT2D eigenvalue weighted by atomic mass is 10.2. The Hall–Kier alpha value is -0.260. The molecular weight excluding hydrogens is 226 g/mol. The standard InChI is InChI=1S/C11H23NO3S/c1-3-5-12-10(11(14)15)4-6-16-8-9(2)7-13/h9-10,12-13H,3-8H2,1-2H3,(H,14,15). The molecule has 0 saturated heterocycles. The largest absolute Gasteiger partial charge is 0.480 e. The van der Waals surface area contributed by atoms with Gasteiger partial charge in [-0.25, -0.2) is 0 Å². The van der Waals surface area contributed by atoms with Crippen LogP contribution < -0.4 is 5.32 Å². The second-order valence-electron chi connectivity index (χ2n) is 4.00. The molecule has 0 radical (unpaired) electrons. The van der Waals surface area contributed by atoms with Gasteiger partial charge in [-0.3, -0.25) is 4.79 Å². The first-order valence-electron chi connectivity index (χ1n) is 5.76. The van der Waals surface area contributed by atoms with Crippen LogP contribution in [0.3, 0.4) is 0 Å². The molecule has 0 heterocycles. The Bertz CT molecular complexity index is 190. The predicted molar refractivity (Wildman–Crippen MR) is 67.9 cm³/mol. The Balaban J connectivity index is 3.64. The minimum atomic E-state index is -0.774. The molecule has 0 aliphatic rings. The van der Waals surface area contributed by atoms with Crippen molar-refractivity contribution >= 4 is 17.7 Å². The van der Waals surface area contributed by atoms with E-state index in [1.165, 1.54) is 0 Å². The van der Waals surface area contributed by atoms with Gasteiger partial charge in [-0.1, -0.05) is 13.8 Å². The fourth-order valence-electron chi connectivity index (χ4n) is 1.17. The van der Waals surface area contributed by atoms with E-state index in [-0.39, 0.29) is 12.5 Å². The Morgan fingerprint density at radius 2 is 2.19 bits per heavy atom. The first-order valence-corrected chi connectivity index (χ1v) is 6.92. The van der Waals surface area contributed by atoms with Crippen molar-refractivity contribution in [1.82, 2.24) is 5.32 Å². The maximum absolute atomic E-state index is 10.9. The molecule has 0 bridgehead atoms. The second kappa shape index (κ2) is 9.93. The maximum Gasteiger partial charge on any atom is 0.320 e. The Morgan fingerprint density at radius 3 is 2.69 bits per heavy atom. The number of rotatable bonds is 10. The zero-order chi connectivity index (χ0) is 12.4. The molecule has 16 heavy (non-hydrogen) atoms. The SMILES string of the molecule is CCCNC(CCSCC(C)CO)C(=O)O. The van der Waals surface area contributed by atoms with E-state index < -0.39 is 12.0 Å². The molecule has 0 rings (SSSR count). The normalized spacial score (nSPS) is 14.7. The highest BCUT2D eigenvalue weighted by Crippen LogP contribution is 2.10. The van der Waals surface area contributed by atoms with Crippen LogP contribution in [0.15, 0.2) is 0 Å². The molecule has 0 aromatic heterocycles. The summed E-state index contributed by atoms with van der Waals surface area (Å²) in [6.07, 6.45) is 1.58. The third kappa shape index (κ3) is 7.96. The van der Waals surface area contributed by atoms with Gasteiger partial charge in [0.15, 0.2) is 0 Å². The fraction of sp³-hybridized carbons (Fsp3) is 0.909. The number of carboxylic acid groups (broad SMARTS) is 1. The summed E-state index contributed by atoms with van der Waals surface area (Å²) in [5.74, 6) is 1.22. The minimum Gasteiger partial charge on any atom is -0.480 e. The lowest BCUT2D eigenvalue weighted by Gasteiger charge is -2.14. The van der Waals surface area contributed by atoms with Crippen LogP contribution in [0.1, 0.15) is 26.7 Å². The lowest BCUT2D eigenvalue weighted by molar-refractivity contribution is -0.139. The van der Waals surface area contributed by atoms with E-state index in [1.807, 2.05) is 13.8 Å². The molecule has 0 saturated carbocycles. The molecule has 5 heteroatoms. The predicted octanol–water partition coefficient (Wildman–Crippen LogP) is 1.19. The maximum atomic E-state index is 10.9. The van der Waals surface area contributed by atoms with Gasteiger partial charge in [-0.05, 0) is 36.8 Å². The molecule has 0 aliphatic heterocycles. The summed E-state index contributed by atoms with van der Waals surface area (Å²) in [6.45, 7) is 4.94. The third-order valence-electron chi connectivity index (χ3n) is 2.20. The molecule has 0 spiro atoms. The number of aliphatic hydroxyl groups excluding tert-OH is 1. The number of thioether (sulfide) groups is 1. The Kier molecular flexibility index (Phi) is 9.77. The van der Waals surface area contributed by atoms with Gasteiger partial charge in [0, 0.05) is 6.61 Å². The van der Waals surface area contributed by atoms with Gasteiger partial charge >= 0.3 is 5.97 Å². The number of hydrogen-bond acceptors (Lipinski definition) is 4. The zero-order valence-corrected chi connectivity index (χ0v) is 10.9. The number of aliphatic carboxylic acids is 1. The van der Waals surface area contributed by atoms with Gasteiger partial charge in [-0.15, -0.1) is 0 Å². The summed E-state index contributed by atoms with van der Waals surface area (Å²) < 4.78 is 0. The summed E-state index contributed by atoms with van der Waals surface area (Å²) in [5.41, 5.74) is 0. The summed E-state index contributed by atoms with van der Waals surface area (Å²) >= 11 is 1.70. The molecule has 3 N–H and O–H groups in total. The van der Waals surface area contributed by atoms with E-state index in [4.69, 9.17) is 10.2 Å². The molecule has 0 fully saturated rings. The van der Waals surface area contributed by atoms with Crippen LogP contribution in [-0.4, -0.2) is 46.9 Å². The van der Waals surface area contributed by atoms with Crippen LogP contribution in [0, 0.1) is 5.92 Å². The Morgan fingerprint density at radius 1 is 1.50 bits per heavy atom. The van der Waals surface area contributed by atoms with Gasteiger partial charge in [0.1, 0.15) is 6.04 Å². The molecule has 0 aromatic carbocycles. The monoisotopic (exact) mass is 249 g/mol. The van der Waals surface area contributed by atoms with Crippen molar-refractivity contribution in [3.05, 3.63) is 0 Å². The van der Waals surface area contributed by atoms with E-state index in [1.54, 1.807) is 11.8 Å². The van der Waals surface area contributed by atoms with Crippen molar-refractivity contribution in [3.8, 4) is 0 Å². The average molecular weight is 249 g/mol. The summed E-state index contributed by atoms with van der Waals surface area (Å²) in [5, 5.41) is 20.8. The van der Waals surface area contributed by atoms with Crippen molar-refractivity contribution in [1.29, 1.82) is 0 Å².